The van der Waals surface area contributed by atoms with Gasteiger partial charge in [0.2, 0.25) is 5.91 Å². The molecule has 0 spiro atoms. The van der Waals surface area contributed by atoms with E-state index < -0.39 is 0 Å². The maximum absolute atomic E-state index is 11.7. The number of guanidine groups is 1. The third-order valence-corrected chi connectivity index (χ3v) is 4.05. The number of hydrogen-bond acceptors (Lipinski definition) is 4. The van der Waals surface area contributed by atoms with Crippen molar-refractivity contribution in [2.75, 3.05) is 25.0 Å². The third-order valence-electron chi connectivity index (χ3n) is 4.05. The molecule has 0 aromatic heterocycles. The first-order chi connectivity index (χ1) is 12.5. The average Bonchev–Trinajstić information content (AvgIpc) is 2.60. The van der Waals surface area contributed by atoms with E-state index in [0.717, 1.165) is 24.1 Å². The number of piperidine rings is 1. The van der Waals surface area contributed by atoms with Crippen molar-refractivity contribution in [3.63, 3.8) is 0 Å². The first-order valence-corrected chi connectivity index (χ1v) is 8.82. The molecule has 0 radical (unpaired) electrons. The number of carbonyl (C=O) groups excluding carboxylic acids is 2. The fourth-order valence-corrected chi connectivity index (χ4v) is 2.80. The number of hydrogen-bond donors (Lipinski definition) is 3. The van der Waals surface area contributed by atoms with Crippen molar-refractivity contribution >= 4 is 23.6 Å². The second kappa shape index (κ2) is 9.65. The monoisotopic (exact) mass is 361 g/mol. The molecule has 1 fully saturated rings. The summed E-state index contributed by atoms with van der Waals surface area (Å²) in [6.07, 6.45) is 1.34. The Morgan fingerprint density at radius 3 is 2.73 bits per heavy atom. The average molecular weight is 361 g/mol. The minimum Gasteiger partial charge on any atom is -0.450 e. The molecule has 142 valence electrons. The van der Waals surface area contributed by atoms with Gasteiger partial charge in [0.15, 0.2) is 5.96 Å². The number of likely N-dealkylation sites (tertiary alicyclic amines) is 1. The molecule has 2 amide bonds. The SMILES string of the molecule is CCOC(=O)N1CCC(NC(N)=NCc2cccc(NC(C)=O)c2)CC1. The summed E-state index contributed by atoms with van der Waals surface area (Å²) in [5.41, 5.74) is 7.67. The number of nitrogens with zero attached hydrogens (tertiary/aromatic N) is 2. The fraction of sp³-hybridized carbons (Fsp3) is 0.500. The van der Waals surface area contributed by atoms with Gasteiger partial charge in [0.05, 0.1) is 13.2 Å². The smallest absolute Gasteiger partial charge is 0.409 e. The van der Waals surface area contributed by atoms with E-state index in [1.54, 1.807) is 11.8 Å². The minimum atomic E-state index is -0.258. The lowest BCUT2D eigenvalue weighted by Crippen LogP contribution is -2.48. The molecule has 26 heavy (non-hydrogen) atoms. The Hall–Kier alpha value is -2.77. The molecule has 0 atom stereocenters. The number of carbonyl (C=O) groups is 2. The molecular weight excluding hydrogens is 334 g/mol. The van der Waals surface area contributed by atoms with Crippen LogP contribution >= 0.6 is 0 Å². The lowest BCUT2D eigenvalue weighted by Gasteiger charge is -2.31. The van der Waals surface area contributed by atoms with E-state index in [9.17, 15) is 9.59 Å². The van der Waals surface area contributed by atoms with Gasteiger partial charge in [0.1, 0.15) is 0 Å². The van der Waals surface area contributed by atoms with Gasteiger partial charge >= 0.3 is 6.09 Å². The van der Waals surface area contributed by atoms with E-state index in [1.807, 2.05) is 24.3 Å². The van der Waals surface area contributed by atoms with E-state index in [-0.39, 0.29) is 18.0 Å². The summed E-state index contributed by atoms with van der Waals surface area (Å²) in [7, 11) is 0. The molecule has 1 aromatic carbocycles. The Labute approximate surface area is 153 Å². The van der Waals surface area contributed by atoms with Gasteiger partial charge in [0.25, 0.3) is 0 Å². The Morgan fingerprint density at radius 2 is 2.08 bits per heavy atom. The summed E-state index contributed by atoms with van der Waals surface area (Å²) in [5, 5.41) is 5.95. The van der Waals surface area contributed by atoms with Gasteiger partial charge in [0, 0.05) is 31.7 Å². The van der Waals surface area contributed by atoms with E-state index in [1.165, 1.54) is 6.92 Å². The Balaban J connectivity index is 1.80. The number of nitrogens with one attached hydrogen (secondary N) is 2. The molecule has 1 aromatic rings. The van der Waals surface area contributed by atoms with Gasteiger partial charge in [-0.25, -0.2) is 9.79 Å². The highest BCUT2D eigenvalue weighted by atomic mass is 16.6. The van der Waals surface area contributed by atoms with E-state index >= 15 is 0 Å². The zero-order chi connectivity index (χ0) is 18.9. The van der Waals surface area contributed by atoms with Crippen LogP contribution in [0.1, 0.15) is 32.3 Å². The lowest BCUT2D eigenvalue weighted by molar-refractivity contribution is -0.114. The van der Waals surface area contributed by atoms with Crippen molar-refractivity contribution in [3.05, 3.63) is 29.8 Å². The van der Waals surface area contributed by atoms with Crippen LogP contribution in [-0.2, 0) is 16.1 Å². The molecule has 2 rings (SSSR count). The summed E-state index contributed by atoms with van der Waals surface area (Å²) in [5.74, 6) is 0.269. The first kappa shape index (κ1) is 19.6. The normalized spacial score (nSPS) is 15.5. The van der Waals surface area contributed by atoms with Gasteiger partial charge in [-0.1, -0.05) is 12.1 Å². The molecule has 1 aliphatic heterocycles. The standard InChI is InChI=1S/C18H27N5O3/c1-3-26-18(25)23-9-7-15(8-10-23)22-17(19)20-12-14-5-4-6-16(11-14)21-13(2)24/h4-6,11,15H,3,7-10,12H2,1-2H3,(H,21,24)(H3,19,20,22). The molecule has 0 saturated carbocycles. The van der Waals surface area contributed by atoms with Gasteiger partial charge in [-0.15, -0.1) is 0 Å². The van der Waals surface area contributed by atoms with Crippen molar-refractivity contribution in [2.24, 2.45) is 10.7 Å². The zero-order valence-corrected chi connectivity index (χ0v) is 15.3. The van der Waals surface area contributed by atoms with Gasteiger partial charge < -0.3 is 26.0 Å². The fourth-order valence-electron chi connectivity index (χ4n) is 2.80. The molecule has 1 aliphatic rings. The van der Waals surface area contributed by atoms with Crippen molar-refractivity contribution in [3.8, 4) is 0 Å². The lowest BCUT2D eigenvalue weighted by atomic mass is 10.1. The molecule has 0 aliphatic carbocycles. The first-order valence-electron chi connectivity index (χ1n) is 8.82. The summed E-state index contributed by atoms with van der Waals surface area (Å²) in [6, 6.07) is 7.68. The predicted octanol–water partition coefficient (Wildman–Crippen LogP) is 1.67. The molecule has 1 saturated heterocycles. The van der Waals surface area contributed by atoms with Crippen LogP contribution in [0.3, 0.4) is 0 Å². The molecule has 4 N–H and O–H groups in total. The second-order valence-corrected chi connectivity index (χ2v) is 6.19. The van der Waals surface area contributed by atoms with Crippen LogP contribution < -0.4 is 16.4 Å². The predicted molar refractivity (Wildman–Crippen MR) is 101 cm³/mol. The topological polar surface area (TPSA) is 109 Å². The Kier molecular flexibility index (Phi) is 7.25. The number of aliphatic imine (C=N–C) groups is 1. The summed E-state index contributed by atoms with van der Waals surface area (Å²) in [4.78, 5) is 28.9. The van der Waals surface area contributed by atoms with Crippen LogP contribution in [0.4, 0.5) is 10.5 Å². The Morgan fingerprint density at radius 1 is 1.35 bits per heavy atom. The van der Waals surface area contributed by atoms with E-state index in [4.69, 9.17) is 10.5 Å². The number of rotatable bonds is 5. The highest BCUT2D eigenvalue weighted by molar-refractivity contribution is 5.88. The van der Waals surface area contributed by atoms with Crippen LogP contribution in [0.15, 0.2) is 29.3 Å². The highest BCUT2D eigenvalue weighted by Gasteiger charge is 2.23. The van der Waals surface area contributed by atoms with Crippen LogP contribution in [0.25, 0.3) is 0 Å². The third kappa shape index (κ3) is 6.27. The Bertz CT molecular complexity index is 654. The van der Waals surface area contributed by atoms with Crippen molar-refractivity contribution < 1.29 is 14.3 Å². The van der Waals surface area contributed by atoms with Crippen molar-refractivity contribution in [1.29, 1.82) is 0 Å². The molecular formula is C18H27N5O3. The summed E-state index contributed by atoms with van der Waals surface area (Å²) < 4.78 is 5.01. The van der Waals surface area contributed by atoms with Crippen LogP contribution in [0, 0.1) is 0 Å². The van der Waals surface area contributed by atoms with Crippen molar-refractivity contribution in [2.45, 2.75) is 39.3 Å². The van der Waals surface area contributed by atoms with Crippen LogP contribution in [-0.4, -0.2) is 48.6 Å². The van der Waals surface area contributed by atoms with Gasteiger partial charge in [-0.2, -0.15) is 0 Å². The summed E-state index contributed by atoms with van der Waals surface area (Å²) >= 11 is 0. The molecule has 8 nitrogen and oxygen atoms in total. The zero-order valence-electron chi connectivity index (χ0n) is 15.3. The van der Waals surface area contributed by atoms with E-state index in [0.29, 0.717) is 32.2 Å². The maximum atomic E-state index is 11.7. The van der Waals surface area contributed by atoms with Crippen LogP contribution in [0.5, 0.6) is 0 Å². The molecule has 1 heterocycles. The van der Waals surface area contributed by atoms with Crippen molar-refractivity contribution in [1.82, 2.24) is 10.2 Å². The number of benzene rings is 1. The second-order valence-electron chi connectivity index (χ2n) is 6.19. The minimum absolute atomic E-state index is 0.110. The molecule has 0 bridgehead atoms. The summed E-state index contributed by atoms with van der Waals surface area (Å²) in [6.45, 7) is 5.37. The quantitative estimate of drug-likeness (QED) is 0.546. The molecule has 0 unspecified atom stereocenters. The van der Waals surface area contributed by atoms with Gasteiger partial charge in [-0.3, -0.25) is 4.79 Å². The number of ether oxygens (including phenoxy) is 1. The highest BCUT2D eigenvalue weighted by Crippen LogP contribution is 2.13. The number of nitrogens with two attached hydrogens (primary N) is 1. The van der Waals surface area contributed by atoms with E-state index in [2.05, 4.69) is 15.6 Å². The number of anilines is 1. The maximum Gasteiger partial charge on any atom is 0.409 e. The molecule has 8 heteroatoms. The largest absolute Gasteiger partial charge is 0.450 e. The number of amides is 2. The van der Waals surface area contributed by atoms with Gasteiger partial charge in [-0.05, 0) is 37.5 Å². The van der Waals surface area contributed by atoms with Crippen LogP contribution in [0.2, 0.25) is 0 Å².